The normalized spacial score (nSPS) is 11.8. The zero-order valence-electron chi connectivity index (χ0n) is 13.4. The maximum atomic E-state index is 13.2. The van der Waals surface area contributed by atoms with Crippen molar-refractivity contribution in [3.05, 3.63) is 52.4 Å². The number of nitrogens with zero attached hydrogens (tertiary/aromatic N) is 1. The van der Waals surface area contributed by atoms with Crippen LogP contribution in [0.25, 0.3) is 0 Å². The molecule has 1 atom stereocenters. The second-order valence-corrected chi connectivity index (χ2v) is 5.92. The Morgan fingerprint density at radius 2 is 2.21 bits per heavy atom. The van der Waals surface area contributed by atoms with Gasteiger partial charge in [0.25, 0.3) is 5.91 Å². The molecule has 7 heteroatoms. The molecule has 2 aromatic rings. The molecule has 1 aromatic carbocycles. The number of halogens is 2. The minimum Gasteiger partial charge on any atom is -0.437 e. The van der Waals surface area contributed by atoms with E-state index >= 15 is 0 Å². The van der Waals surface area contributed by atoms with E-state index in [4.69, 9.17) is 9.47 Å². The van der Waals surface area contributed by atoms with Crippen molar-refractivity contribution in [2.24, 2.45) is 0 Å². The zero-order chi connectivity index (χ0) is 17.5. The van der Waals surface area contributed by atoms with Crippen LogP contribution in [0.5, 0.6) is 11.6 Å². The monoisotopic (exact) mass is 396 g/mol. The number of carbonyl (C=O) groups is 1. The molecule has 1 N–H and O–H groups in total. The summed E-state index contributed by atoms with van der Waals surface area (Å²) >= 11 is 3.23. The highest BCUT2D eigenvalue weighted by atomic mass is 79.9. The van der Waals surface area contributed by atoms with E-state index in [2.05, 4.69) is 26.2 Å². The summed E-state index contributed by atoms with van der Waals surface area (Å²) in [4.78, 5) is 16.6. The number of nitrogens with one attached hydrogen (secondary N) is 1. The van der Waals surface area contributed by atoms with E-state index in [0.717, 1.165) is 6.42 Å². The number of aromatic nitrogens is 1. The molecule has 5 nitrogen and oxygen atoms in total. The second kappa shape index (κ2) is 8.75. The summed E-state index contributed by atoms with van der Waals surface area (Å²) in [6.45, 7) is 2.38. The lowest BCUT2D eigenvalue weighted by molar-refractivity contribution is 0.0891. The van der Waals surface area contributed by atoms with Crippen LogP contribution in [0, 0.1) is 5.82 Å². The Bertz CT molecular complexity index is 712. The van der Waals surface area contributed by atoms with Gasteiger partial charge in [-0.05, 0) is 52.7 Å². The highest BCUT2D eigenvalue weighted by molar-refractivity contribution is 9.10. The van der Waals surface area contributed by atoms with Gasteiger partial charge in [0, 0.05) is 13.3 Å². The fourth-order valence-electron chi connectivity index (χ4n) is 2.03. The number of amides is 1. The Balaban J connectivity index is 2.22. The molecule has 0 aliphatic rings. The third kappa shape index (κ3) is 4.75. The van der Waals surface area contributed by atoms with E-state index in [-0.39, 0.29) is 17.8 Å². The average molecular weight is 397 g/mol. The molecule has 0 radical (unpaired) electrons. The molecular formula is C17H18BrFN2O3. The predicted octanol–water partition coefficient (Wildman–Crippen LogP) is 3.93. The summed E-state index contributed by atoms with van der Waals surface area (Å²) in [5, 5.41) is 2.88. The van der Waals surface area contributed by atoms with Crippen molar-refractivity contribution in [3.8, 4) is 11.6 Å². The van der Waals surface area contributed by atoms with Crippen LogP contribution in [-0.2, 0) is 4.74 Å². The molecule has 1 aromatic heterocycles. The highest BCUT2D eigenvalue weighted by Gasteiger charge is 2.18. The highest BCUT2D eigenvalue weighted by Crippen LogP contribution is 2.30. The number of methoxy groups -OCH3 is 1. The molecule has 1 amide bonds. The van der Waals surface area contributed by atoms with Crippen LogP contribution in [-0.4, -0.2) is 30.6 Å². The molecule has 0 spiro atoms. The Hall–Kier alpha value is -1.99. The van der Waals surface area contributed by atoms with Crippen molar-refractivity contribution in [2.75, 3.05) is 13.7 Å². The van der Waals surface area contributed by atoms with Gasteiger partial charge in [0.05, 0.1) is 17.1 Å². The van der Waals surface area contributed by atoms with Gasteiger partial charge in [-0.2, -0.15) is 0 Å². The number of benzene rings is 1. The van der Waals surface area contributed by atoms with Crippen LogP contribution in [0.3, 0.4) is 0 Å². The van der Waals surface area contributed by atoms with Crippen molar-refractivity contribution in [1.82, 2.24) is 10.3 Å². The van der Waals surface area contributed by atoms with E-state index in [1.54, 1.807) is 19.2 Å². The van der Waals surface area contributed by atoms with Gasteiger partial charge in [0.15, 0.2) is 0 Å². The van der Waals surface area contributed by atoms with E-state index < -0.39 is 5.82 Å². The third-order valence-electron chi connectivity index (χ3n) is 3.31. The van der Waals surface area contributed by atoms with Crippen LogP contribution in [0.15, 0.2) is 41.0 Å². The SMILES string of the molecule is CCC(COC)NC(=O)c1cccnc1Oc1ccc(F)cc1Br. The Labute approximate surface area is 148 Å². The molecule has 0 fully saturated rings. The summed E-state index contributed by atoms with van der Waals surface area (Å²) < 4.78 is 24.4. The van der Waals surface area contributed by atoms with E-state index in [0.29, 0.717) is 22.4 Å². The van der Waals surface area contributed by atoms with Gasteiger partial charge in [0.1, 0.15) is 17.1 Å². The number of hydrogen-bond acceptors (Lipinski definition) is 4. The Kier molecular flexibility index (Phi) is 6.69. The number of carbonyl (C=O) groups excluding carboxylic acids is 1. The van der Waals surface area contributed by atoms with Gasteiger partial charge in [-0.3, -0.25) is 4.79 Å². The zero-order valence-corrected chi connectivity index (χ0v) is 15.0. The summed E-state index contributed by atoms with van der Waals surface area (Å²) in [6, 6.07) is 7.19. The smallest absolute Gasteiger partial charge is 0.257 e. The van der Waals surface area contributed by atoms with Gasteiger partial charge >= 0.3 is 0 Å². The molecule has 2 rings (SSSR count). The third-order valence-corrected chi connectivity index (χ3v) is 3.93. The van der Waals surface area contributed by atoms with Crippen LogP contribution in [0.4, 0.5) is 4.39 Å². The first-order chi connectivity index (χ1) is 11.5. The molecule has 1 heterocycles. The summed E-state index contributed by atoms with van der Waals surface area (Å²) in [6.07, 6.45) is 2.26. The molecule has 0 aliphatic carbocycles. The lowest BCUT2D eigenvalue weighted by atomic mass is 10.2. The fraction of sp³-hybridized carbons (Fsp3) is 0.294. The van der Waals surface area contributed by atoms with Crippen LogP contribution in [0.1, 0.15) is 23.7 Å². The molecule has 1 unspecified atom stereocenters. The van der Waals surface area contributed by atoms with Gasteiger partial charge in [-0.1, -0.05) is 6.92 Å². The van der Waals surface area contributed by atoms with E-state index in [9.17, 15) is 9.18 Å². The van der Waals surface area contributed by atoms with Crippen LogP contribution < -0.4 is 10.1 Å². The lowest BCUT2D eigenvalue weighted by Gasteiger charge is -2.17. The summed E-state index contributed by atoms with van der Waals surface area (Å²) in [5.74, 6) is -0.179. The first-order valence-corrected chi connectivity index (χ1v) is 8.22. The first kappa shape index (κ1) is 18.4. The minimum absolute atomic E-state index is 0.104. The van der Waals surface area contributed by atoms with E-state index in [1.165, 1.54) is 24.4 Å². The molecule has 0 saturated heterocycles. The maximum Gasteiger partial charge on any atom is 0.257 e. The number of hydrogen-bond donors (Lipinski definition) is 1. The molecular weight excluding hydrogens is 379 g/mol. The molecule has 0 aliphatic heterocycles. The average Bonchev–Trinajstić information content (AvgIpc) is 2.57. The quantitative estimate of drug-likeness (QED) is 0.769. The van der Waals surface area contributed by atoms with Gasteiger partial charge in [0.2, 0.25) is 5.88 Å². The fourth-order valence-corrected chi connectivity index (χ4v) is 2.46. The van der Waals surface area contributed by atoms with Crippen LogP contribution in [0.2, 0.25) is 0 Å². The standard InChI is InChI=1S/C17H18BrFN2O3/c1-3-12(10-23-2)21-16(22)13-5-4-8-20-17(13)24-15-7-6-11(19)9-14(15)18/h4-9,12H,3,10H2,1-2H3,(H,21,22). The van der Waals surface area contributed by atoms with Crippen molar-refractivity contribution in [3.63, 3.8) is 0 Å². The lowest BCUT2D eigenvalue weighted by Crippen LogP contribution is -2.37. The molecule has 0 saturated carbocycles. The second-order valence-electron chi connectivity index (χ2n) is 5.07. The summed E-state index contributed by atoms with van der Waals surface area (Å²) in [7, 11) is 1.58. The van der Waals surface area contributed by atoms with Gasteiger partial charge < -0.3 is 14.8 Å². The summed E-state index contributed by atoms with van der Waals surface area (Å²) in [5.41, 5.74) is 0.295. The first-order valence-electron chi connectivity index (χ1n) is 7.42. The van der Waals surface area contributed by atoms with Crippen molar-refractivity contribution in [2.45, 2.75) is 19.4 Å². The largest absolute Gasteiger partial charge is 0.437 e. The molecule has 24 heavy (non-hydrogen) atoms. The maximum absolute atomic E-state index is 13.2. The number of ether oxygens (including phenoxy) is 2. The van der Waals surface area contributed by atoms with Crippen molar-refractivity contribution in [1.29, 1.82) is 0 Å². The van der Waals surface area contributed by atoms with Crippen molar-refractivity contribution >= 4 is 21.8 Å². The van der Waals surface area contributed by atoms with E-state index in [1.807, 2.05) is 6.92 Å². The minimum atomic E-state index is -0.390. The number of pyridine rings is 1. The number of rotatable bonds is 7. The van der Waals surface area contributed by atoms with Gasteiger partial charge in [-0.15, -0.1) is 0 Å². The predicted molar refractivity (Wildman–Crippen MR) is 91.8 cm³/mol. The van der Waals surface area contributed by atoms with Gasteiger partial charge in [-0.25, -0.2) is 9.37 Å². The van der Waals surface area contributed by atoms with Crippen LogP contribution >= 0.6 is 15.9 Å². The molecule has 128 valence electrons. The Morgan fingerprint density at radius 1 is 1.42 bits per heavy atom. The molecule has 0 bridgehead atoms. The Morgan fingerprint density at radius 3 is 2.88 bits per heavy atom. The topological polar surface area (TPSA) is 60.5 Å². The van der Waals surface area contributed by atoms with Crippen molar-refractivity contribution < 1.29 is 18.7 Å².